The lowest BCUT2D eigenvalue weighted by Crippen LogP contribution is -2.45. The van der Waals surface area contributed by atoms with Crippen LogP contribution >= 0.6 is 46.4 Å². The fourth-order valence-electron chi connectivity index (χ4n) is 1.13. The van der Waals surface area contributed by atoms with E-state index in [-0.39, 0.29) is 5.54 Å². The van der Waals surface area contributed by atoms with E-state index in [1.807, 2.05) is 25.1 Å². The molecule has 0 unspecified atom stereocenters. The van der Waals surface area contributed by atoms with Crippen LogP contribution in [0.3, 0.4) is 0 Å². The molecule has 0 aliphatic carbocycles. The Bertz CT molecular complexity index is 330. The topological polar surface area (TPSA) is 12.0 Å². The molecule has 0 atom stereocenters. The molecule has 0 fully saturated rings. The van der Waals surface area contributed by atoms with Gasteiger partial charge in [-0.15, -0.1) is 23.2 Å². The highest BCUT2D eigenvalue weighted by atomic mass is 35.5. The highest BCUT2D eigenvalue weighted by molar-refractivity contribution is 6.36. The molecule has 1 aromatic rings. The van der Waals surface area contributed by atoms with E-state index in [2.05, 4.69) is 5.32 Å². The summed E-state index contributed by atoms with van der Waals surface area (Å²) in [5, 5.41) is 4.55. The second-order valence-electron chi connectivity index (χ2n) is 3.88. The Hall–Kier alpha value is 0.340. The zero-order chi connectivity index (χ0) is 12.2. The Morgan fingerprint density at radius 3 is 2.06 bits per heavy atom. The lowest BCUT2D eigenvalue weighted by molar-refractivity contribution is 0.435. The SMILES string of the molecule is CC(CCl)(CCl)NCc1c(Cl)cccc1Cl. The largest absolute Gasteiger partial charge is 0.305 e. The number of hydrogen-bond acceptors (Lipinski definition) is 1. The first-order valence-corrected chi connectivity index (χ1v) is 6.65. The van der Waals surface area contributed by atoms with Crippen LogP contribution in [0.2, 0.25) is 10.0 Å². The molecule has 0 saturated carbocycles. The molecule has 0 heterocycles. The molecule has 0 saturated heterocycles. The van der Waals surface area contributed by atoms with Gasteiger partial charge in [-0.05, 0) is 19.1 Å². The normalized spacial score (nSPS) is 11.8. The van der Waals surface area contributed by atoms with Crippen molar-refractivity contribution < 1.29 is 0 Å². The highest BCUT2D eigenvalue weighted by Gasteiger charge is 2.21. The van der Waals surface area contributed by atoms with Gasteiger partial charge in [0, 0.05) is 39.5 Å². The first kappa shape index (κ1) is 14.4. The smallest absolute Gasteiger partial charge is 0.0465 e. The Kier molecular flexibility index (Phi) is 5.69. The van der Waals surface area contributed by atoms with E-state index in [1.165, 1.54) is 0 Å². The summed E-state index contributed by atoms with van der Waals surface area (Å²) in [5.41, 5.74) is 0.554. The fourth-order valence-corrected chi connectivity index (χ4v) is 2.14. The van der Waals surface area contributed by atoms with Gasteiger partial charge in [-0.2, -0.15) is 0 Å². The number of hydrogen-bond donors (Lipinski definition) is 1. The maximum atomic E-state index is 6.05. The van der Waals surface area contributed by atoms with Crippen molar-refractivity contribution in [3.05, 3.63) is 33.8 Å². The quantitative estimate of drug-likeness (QED) is 0.799. The van der Waals surface area contributed by atoms with E-state index in [4.69, 9.17) is 46.4 Å². The van der Waals surface area contributed by atoms with Crippen LogP contribution in [0, 0.1) is 0 Å². The molecular formula is C11H13Cl4N. The molecule has 0 amide bonds. The zero-order valence-corrected chi connectivity index (χ0v) is 11.9. The van der Waals surface area contributed by atoms with Gasteiger partial charge in [0.05, 0.1) is 0 Å². The summed E-state index contributed by atoms with van der Waals surface area (Å²) >= 11 is 23.8. The van der Waals surface area contributed by atoms with Crippen LogP contribution in [0.1, 0.15) is 12.5 Å². The van der Waals surface area contributed by atoms with Gasteiger partial charge in [0.15, 0.2) is 0 Å². The van der Waals surface area contributed by atoms with Crippen LogP contribution in [0.15, 0.2) is 18.2 Å². The van der Waals surface area contributed by atoms with E-state index >= 15 is 0 Å². The molecule has 0 radical (unpaired) electrons. The van der Waals surface area contributed by atoms with Crippen LogP contribution < -0.4 is 5.32 Å². The third-order valence-electron chi connectivity index (χ3n) is 2.34. The monoisotopic (exact) mass is 299 g/mol. The van der Waals surface area contributed by atoms with Gasteiger partial charge in [0.2, 0.25) is 0 Å². The minimum absolute atomic E-state index is 0.314. The average Bonchev–Trinajstić information content (AvgIpc) is 2.28. The molecule has 5 heteroatoms. The zero-order valence-electron chi connectivity index (χ0n) is 8.87. The molecule has 0 spiro atoms. The van der Waals surface area contributed by atoms with Crippen LogP contribution in [-0.2, 0) is 6.54 Å². The van der Waals surface area contributed by atoms with Crippen molar-refractivity contribution in [2.45, 2.75) is 19.0 Å². The van der Waals surface area contributed by atoms with Crippen molar-refractivity contribution in [3.8, 4) is 0 Å². The molecule has 0 aliphatic heterocycles. The number of benzene rings is 1. The van der Waals surface area contributed by atoms with Crippen LogP contribution in [0.5, 0.6) is 0 Å². The summed E-state index contributed by atoms with van der Waals surface area (Å²) in [6.07, 6.45) is 0. The molecule has 0 aliphatic rings. The third-order valence-corrected chi connectivity index (χ3v) is 4.23. The summed E-state index contributed by atoms with van der Waals surface area (Å²) < 4.78 is 0. The van der Waals surface area contributed by atoms with Crippen molar-refractivity contribution >= 4 is 46.4 Å². The second kappa shape index (κ2) is 6.32. The van der Waals surface area contributed by atoms with Crippen molar-refractivity contribution in [3.63, 3.8) is 0 Å². The first-order chi connectivity index (χ1) is 7.52. The van der Waals surface area contributed by atoms with Crippen LogP contribution in [0.4, 0.5) is 0 Å². The summed E-state index contributed by atoms with van der Waals surface area (Å²) in [5.74, 6) is 0.858. The van der Waals surface area contributed by atoms with Crippen LogP contribution in [0.25, 0.3) is 0 Å². The minimum Gasteiger partial charge on any atom is -0.305 e. The summed E-state index contributed by atoms with van der Waals surface area (Å²) in [7, 11) is 0. The predicted octanol–water partition coefficient (Wildman–Crippen LogP) is 4.32. The van der Waals surface area contributed by atoms with E-state index in [0.29, 0.717) is 28.4 Å². The van der Waals surface area contributed by atoms with E-state index < -0.39 is 0 Å². The number of rotatable bonds is 5. The molecule has 0 aromatic heterocycles. The Labute approximate surface area is 116 Å². The maximum Gasteiger partial charge on any atom is 0.0465 e. The second-order valence-corrected chi connectivity index (χ2v) is 5.23. The maximum absolute atomic E-state index is 6.05. The summed E-state index contributed by atoms with van der Waals surface area (Å²) in [6, 6.07) is 5.43. The Morgan fingerprint density at radius 1 is 1.12 bits per heavy atom. The van der Waals surface area contributed by atoms with Gasteiger partial charge in [-0.3, -0.25) is 0 Å². The molecule has 1 nitrogen and oxygen atoms in total. The van der Waals surface area contributed by atoms with Gasteiger partial charge < -0.3 is 5.32 Å². The molecule has 1 N–H and O–H groups in total. The van der Waals surface area contributed by atoms with E-state index in [1.54, 1.807) is 0 Å². The molecule has 90 valence electrons. The van der Waals surface area contributed by atoms with Crippen molar-refractivity contribution in [1.29, 1.82) is 0 Å². The van der Waals surface area contributed by atoms with Gasteiger partial charge in [0.25, 0.3) is 0 Å². The molecular weight excluding hydrogens is 288 g/mol. The fraction of sp³-hybridized carbons (Fsp3) is 0.455. The average molecular weight is 301 g/mol. The van der Waals surface area contributed by atoms with Crippen LogP contribution in [-0.4, -0.2) is 17.3 Å². The Balaban J connectivity index is 2.75. The minimum atomic E-state index is -0.314. The predicted molar refractivity (Wildman–Crippen MR) is 73.1 cm³/mol. The van der Waals surface area contributed by atoms with E-state index in [0.717, 1.165) is 5.56 Å². The molecule has 1 aromatic carbocycles. The molecule has 0 bridgehead atoms. The van der Waals surface area contributed by atoms with Gasteiger partial charge in [0.1, 0.15) is 0 Å². The standard InChI is InChI=1S/C11H13Cl4N/c1-11(6-12,7-13)16-5-8-9(14)3-2-4-10(8)15/h2-4,16H,5-7H2,1H3. The molecule has 1 rings (SSSR count). The van der Waals surface area contributed by atoms with Gasteiger partial charge in [-0.1, -0.05) is 29.3 Å². The third kappa shape index (κ3) is 3.68. The first-order valence-electron chi connectivity index (χ1n) is 4.82. The summed E-state index contributed by atoms with van der Waals surface area (Å²) in [6.45, 7) is 2.51. The number of nitrogens with one attached hydrogen (secondary N) is 1. The number of halogens is 4. The summed E-state index contributed by atoms with van der Waals surface area (Å²) in [4.78, 5) is 0. The highest BCUT2D eigenvalue weighted by Crippen LogP contribution is 2.24. The van der Waals surface area contributed by atoms with Crippen molar-refractivity contribution in [2.24, 2.45) is 0 Å². The van der Waals surface area contributed by atoms with E-state index in [9.17, 15) is 0 Å². The Morgan fingerprint density at radius 2 is 1.62 bits per heavy atom. The molecule has 16 heavy (non-hydrogen) atoms. The van der Waals surface area contributed by atoms with Gasteiger partial charge in [-0.25, -0.2) is 0 Å². The lowest BCUT2D eigenvalue weighted by atomic mass is 10.1. The van der Waals surface area contributed by atoms with Gasteiger partial charge >= 0.3 is 0 Å². The lowest BCUT2D eigenvalue weighted by Gasteiger charge is -2.26. The van der Waals surface area contributed by atoms with Crippen molar-refractivity contribution in [1.82, 2.24) is 5.32 Å². The number of alkyl halides is 2. The van der Waals surface area contributed by atoms with Crippen molar-refractivity contribution in [2.75, 3.05) is 11.8 Å².